The molecule has 1 N–H and O–H groups in total. The third kappa shape index (κ3) is 4.58. The van der Waals surface area contributed by atoms with Crippen LogP contribution in [0, 0.1) is 12.9 Å². The van der Waals surface area contributed by atoms with Crippen LogP contribution in [0.1, 0.15) is 33.1 Å². The third-order valence-corrected chi connectivity index (χ3v) is 5.86. The number of rotatable bonds is 6. The molecule has 0 fully saturated rings. The van der Waals surface area contributed by atoms with Crippen LogP contribution < -0.4 is 5.32 Å². The van der Waals surface area contributed by atoms with Gasteiger partial charge in [0, 0.05) is 36.2 Å². The van der Waals surface area contributed by atoms with Crippen LogP contribution in [0.25, 0.3) is 17.8 Å². The first-order valence-corrected chi connectivity index (χ1v) is 11.1. The SMILES string of the molecule is Cc1cccc2nc(C=Cc3csc(NC(=O)c4cccn4Cc4ccnc(F)c4)n3)cn12. The Morgan fingerprint density at radius 2 is 2.03 bits per heavy atom. The number of anilines is 1. The van der Waals surface area contributed by atoms with Crippen LogP contribution in [0.15, 0.2) is 66.4 Å². The first-order valence-electron chi connectivity index (χ1n) is 10.2. The Morgan fingerprint density at radius 3 is 2.88 bits per heavy atom. The molecule has 0 aliphatic carbocycles. The average molecular weight is 459 g/mol. The lowest BCUT2D eigenvalue weighted by Crippen LogP contribution is -2.17. The van der Waals surface area contributed by atoms with Gasteiger partial charge in [-0.3, -0.25) is 10.1 Å². The number of carbonyl (C=O) groups is 1. The van der Waals surface area contributed by atoms with Crippen molar-refractivity contribution in [3.63, 3.8) is 0 Å². The van der Waals surface area contributed by atoms with Crippen LogP contribution >= 0.6 is 11.3 Å². The molecule has 0 saturated carbocycles. The van der Waals surface area contributed by atoms with E-state index in [0.717, 1.165) is 28.3 Å². The van der Waals surface area contributed by atoms with Gasteiger partial charge in [0.2, 0.25) is 5.95 Å². The number of aromatic nitrogens is 5. The molecule has 5 rings (SSSR count). The number of thiazole rings is 1. The lowest BCUT2D eigenvalue weighted by atomic mass is 10.2. The number of carbonyl (C=O) groups excluding carboxylic acids is 1. The van der Waals surface area contributed by atoms with E-state index in [4.69, 9.17) is 0 Å². The summed E-state index contributed by atoms with van der Waals surface area (Å²) in [5.41, 5.74) is 4.73. The Labute approximate surface area is 192 Å². The Balaban J connectivity index is 1.27. The van der Waals surface area contributed by atoms with Crippen molar-refractivity contribution in [1.29, 1.82) is 0 Å². The summed E-state index contributed by atoms with van der Waals surface area (Å²) < 4.78 is 17.2. The maximum Gasteiger partial charge on any atom is 0.274 e. The number of nitrogens with one attached hydrogen (secondary N) is 1. The second-order valence-corrected chi connectivity index (χ2v) is 8.29. The van der Waals surface area contributed by atoms with Crippen molar-refractivity contribution in [3.8, 4) is 0 Å². The molecule has 0 atom stereocenters. The smallest absolute Gasteiger partial charge is 0.274 e. The zero-order valence-electron chi connectivity index (χ0n) is 17.6. The van der Waals surface area contributed by atoms with Gasteiger partial charge in [-0.25, -0.2) is 15.0 Å². The molecular weight excluding hydrogens is 439 g/mol. The van der Waals surface area contributed by atoms with Crippen LogP contribution in [0.4, 0.5) is 9.52 Å². The number of imidazole rings is 1. The van der Waals surface area contributed by atoms with E-state index in [1.54, 1.807) is 29.0 Å². The highest BCUT2D eigenvalue weighted by molar-refractivity contribution is 7.14. The second kappa shape index (κ2) is 8.79. The van der Waals surface area contributed by atoms with E-state index in [-0.39, 0.29) is 5.91 Å². The summed E-state index contributed by atoms with van der Waals surface area (Å²) in [6.45, 7) is 2.39. The Morgan fingerprint density at radius 1 is 1.15 bits per heavy atom. The first-order chi connectivity index (χ1) is 16.0. The Kier molecular flexibility index (Phi) is 5.54. The van der Waals surface area contributed by atoms with Gasteiger partial charge >= 0.3 is 0 Å². The molecule has 9 heteroatoms. The molecular formula is C24H19FN6OS. The number of fused-ring (bicyclic) bond motifs is 1. The summed E-state index contributed by atoms with van der Waals surface area (Å²) in [6, 6.07) is 12.5. The molecule has 0 saturated heterocycles. The Hall–Kier alpha value is -4.11. The number of amides is 1. The summed E-state index contributed by atoms with van der Waals surface area (Å²) in [7, 11) is 0. The minimum atomic E-state index is -0.548. The molecule has 0 aromatic carbocycles. The van der Waals surface area contributed by atoms with E-state index in [1.165, 1.54) is 23.6 Å². The highest BCUT2D eigenvalue weighted by Crippen LogP contribution is 2.19. The molecule has 5 heterocycles. The third-order valence-electron chi connectivity index (χ3n) is 5.09. The fourth-order valence-electron chi connectivity index (χ4n) is 3.50. The van der Waals surface area contributed by atoms with E-state index in [1.807, 2.05) is 53.3 Å². The summed E-state index contributed by atoms with van der Waals surface area (Å²) >= 11 is 1.34. The number of halogens is 1. The lowest BCUT2D eigenvalue weighted by Gasteiger charge is -2.09. The van der Waals surface area contributed by atoms with Gasteiger partial charge in [-0.15, -0.1) is 11.3 Å². The minimum absolute atomic E-state index is 0.282. The van der Waals surface area contributed by atoms with Gasteiger partial charge in [-0.05, 0) is 61.0 Å². The molecule has 164 valence electrons. The van der Waals surface area contributed by atoms with E-state index >= 15 is 0 Å². The normalized spacial score (nSPS) is 11.5. The number of aryl methyl sites for hydroxylation is 1. The second-order valence-electron chi connectivity index (χ2n) is 7.43. The fraction of sp³-hybridized carbons (Fsp3) is 0.0833. The molecule has 7 nitrogen and oxygen atoms in total. The quantitative estimate of drug-likeness (QED) is 0.367. The van der Waals surface area contributed by atoms with Crippen molar-refractivity contribution >= 4 is 40.2 Å². The van der Waals surface area contributed by atoms with Crippen molar-refractivity contribution in [2.24, 2.45) is 0 Å². The van der Waals surface area contributed by atoms with Gasteiger partial charge in [0.25, 0.3) is 5.91 Å². The molecule has 0 aliphatic rings. The highest BCUT2D eigenvalue weighted by atomic mass is 32.1. The zero-order valence-corrected chi connectivity index (χ0v) is 18.5. The van der Waals surface area contributed by atoms with Gasteiger partial charge in [0.15, 0.2) is 5.13 Å². The monoisotopic (exact) mass is 458 g/mol. The molecule has 5 aromatic heterocycles. The van der Waals surface area contributed by atoms with Gasteiger partial charge < -0.3 is 8.97 Å². The van der Waals surface area contributed by atoms with Crippen molar-refractivity contribution in [2.45, 2.75) is 13.5 Å². The first kappa shape index (κ1) is 20.8. The lowest BCUT2D eigenvalue weighted by molar-refractivity contribution is 0.101. The number of nitrogens with zero attached hydrogens (tertiary/aromatic N) is 5. The van der Waals surface area contributed by atoms with E-state index < -0.39 is 5.95 Å². The van der Waals surface area contributed by atoms with E-state index in [9.17, 15) is 9.18 Å². The van der Waals surface area contributed by atoms with Crippen molar-refractivity contribution in [3.05, 3.63) is 101 Å². The van der Waals surface area contributed by atoms with Gasteiger partial charge in [-0.2, -0.15) is 4.39 Å². The highest BCUT2D eigenvalue weighted by Gasteiger charge is 2.13. The van der Waals surface area contributed by atoms with Crippen LogP contribution in [0.5, 0.6) is 0 Å². The standard InChI is InChI=1S/C24H19FN6OS/c1-16-4-2-6-22-27-18(14-31(16)22)7-8-19-15-33-24(28-19)29-23(32)20-5-3-11-30(20)13-17-9-10-26-21(25)12-17/h2-12,14-15H,13H2,1H3,(H,28,29,32). The van der Waals surface area contributed by atoms with Gasteiger partial charge in [0.05, 0.1) is 11.4 Å². The minimum Gasteiger partial charge on any atom is -0.339 e. The van der Waals surface area contributed by atoms with Crippen molar-refractivity contribution in [1.82, 2.24) is 23.9 Å². The molecule has 0 aliphatic heterocycles. The van der Waals surface area contributed by atoms with Crippen LogP contribution in [-0.2, 0) is 6.54 Å². The van der Waals surface area contributed by atoms with E-state index in [0.29, 0.717) is 17.4 Å². The van der Waals surface area contributed by atoms with E-state index in [2.05, 4.69) is 20.3 Å². The largest absolute Gasteiger partial charge is 0.339 e. The summed E-state index contributed by atoms with van der Waals surface area (Å²) in [5.74, 6) is -0.831. The molecule has 1 amide bonds. The Bertz CT molecular complexity index is 1480. The number of hydrogen-bond donors (Lipinski definition) is 1. The van der Waals surface area contributed by atoms with Crippen LogP contribution in [-0.4, -0.2) is 29.8 Å². The molecule has 0 bridgehead atoms. The number of pyridine rings is 2. The topological polar surface area (TPSA) is 77.1 Å². The molecule has 33 heavy (non-hydrogen) atoms. The van der Waals surface area contributed by atoms with Gasteiger partial charge in [-0.1, -0.05) is 6.07 Å². The molecule has 0 radical (unpaired) electrons. The van der Waals surface area contributed by atoms with Crippen molar-refractivity contribution < 1.29 is 9.18 Å². The maximum absolute atomic E-state index is 13.4. The predicted octanol–water partition coefficient (Wildman–Crippen LogP) is 4.91. The molecule has 0 spiro atoms. The van der Waals surface area contributed by atoms with Crippen LogP contribution in [0.2, 0.25) is 0 Å². The maximum atomic E-state index is 13.4. The zero-order chi connectivity index (χ0) is 22.8. The van der Waals surface area contributed by atoms with Gasteiger partial charge in [0.1, 0.15) is 11.3 Å². The molecule has 0 unspecified atom stereocenters. The summed E-state index contributed by atoms with van der Waals surface area (Å²) in [6.07, 6.45) is 8.92. The predicted molar refractivity (Wildman–Crippen MR) is 127 cm³/mol. The summed E-state index contributed by atoms with van der Waals surface area (Å²) in [4.78, 5) is 25.4. The molecule has 5 aromatic rings. The average Bonchev–Trinajstić information content (AvgIpc) is 3.52. The number of hydrogen-bond acceptors (Lipinski definition) is 5. The summed E-state index contributed by atoms with van der Waals surface area (Å²) in [5, 5.41) is 5.20. The van der Waals surface area contributed by atoms with Crippen LogP contribution in [0.3, 0.4) is 0 Å². The fourth-order valence-corrected chi connectivity index (χ4v) is 4.17. The van der Waals surface area contributed by atoms with Crippen molar-refractivity contribution in [2.75, 3.05) is 5.32 Å².